The summed E-state index contributed by atoms with van der Waals surface area (Å²) >= 11 is 0. The number of nitrogens with zero attached hydrogens (tertiary/aromatic N) is 1. The van der Waals surface area contributed by atoms with E-state index in [0.29, 0.717) is 5.92 Å². The van der Waals surface area contributed by atoms with Crippen LogP contribution in [0.1, 0.15) is 25.3 Å². The van der Waals surface area contributed by atoms with Crippen LogP contribution in [0.4, 0.5) is 0 Å². The van der Waals surface area contributed by atoms with Crippen molar-refractivity contribution in [2.45, 2.75) is 32.4 Å². The van der Waals surface area contributed by atoms with Crippen molar-refractivity contribution in [1.29, 1.82) is 0 Å². The summed E-state index contributed by atoms with van der Waals surface area (Å²) in [4.78, 5) is 11.2. The maximum absolute atomic E-state index is 11.2. The Morgan fingerprint density at radius 2 is 1.90 bits per heavy atom. The normalized spacial score (nSPS) is 31.4. The number of halogens is 1. The summed E-state index contributed by atoms with van der Waals surface area (Å²) in [5.74, 6) is 0.469. The monoisotopic (exact) mass is 339 g/mol. The van der Waals surface area contributed by atoms with Crippen molar-refractivity contribution in [1.82, 2.24) is 0 Å². The van der Waals surface area contributed by atoms with Crippen molar-refractivity contribution in [3.63, 3.8) is 0 Å². The zero-order valence-corrected chi connectivity index (χ0v) is 13.5. The van der Waals surface area contributed by atoms with Crippen LogP contribution in [-0.4, -0.2) is 36.2 Å². The highest BCUT2D eigenvalue weighted by Gasteiger charge is 2.47. The van der Waals surface area contributed by atoms with E-state index in [2.05, 4.69) is 30.3 Å². The molecule has 1 atom stereocenters. The van der Waals surface area contributed by atoms with Gasteiger partial charge in [-0.25, -0.2) is 0 Å². The fourth-order valence-electron chi connectivity index (χ4n) is 3.76. The molecule has 0 spiro atoms. The van der Waals surface area contributed by atoms with Crippen LogP contribution in [0.3, 0.4) is 0 Å². The van der Waals surface area contributed by atoms with Crippen molar-refractivity contribution in [3.05, 3.63) is 35.9 Å². The molecular weight excluding hydrogens is 318 g/mol. The predicted molar refractivity (Wildman–Crippen MR) is 73.3 cm³/mol. The van der Waals surface area contributed by atoms with Crippen molar-refractivity contribution >= 4 is 5.97 Å². The number of carbonyl (C=O) groups is 1. The van der Waals surface area contributed by atoms with Gasteiger partial charge in [-0.1, -0.05) is 30.3 Å². The van der Waals surface area contributed by atoms with E-state index in [-0.39, 0.29) is 29.1 Å². The summed E-state index contributed by atoms with van der Waals surface area (Å²) in [5, 5.41) is 0. The molecule has 0 aromatic heterocycles. The molecule has 2 bridgehead atoms. The van der Waals surface area contributed by atoms with E-state index < -0.39 is 0 Å². The van der Waals surface area contributed by atoms with E-state index in [0.717, 1.165) is 17.6 Å². The van der Waals surface area contributed by atoms with Gasteiger partial charge < -0.3 is 26.2 Å². The lowest BCUT2D eigenvalue weighted by Gasteiger charge is -2.52. The second-order valence-electron chi connectivity index (χ2n) is 6.10. The van der Waals surface area contributed by atoms with Gasteiger partial charge in [0.15, 0.2) is 6.10 Å². The van der Waals surface area contributed by atoms with Gasteiger partial charge in [0.1, 0.15) is 13.1 Å². The Hall–Kier alpha value is -0.870. The number of ether oxygens (including phenoxy) is 1. The summed E-state index contributed by atoms with van der Waals surface area (Å²) < 4.78 is 6.63. The Kier molecular flexibility index (Phi) is 4.86. The molecule has 20 heavy (non-hydrogen) atoms. The highest BCUT2D eigenvalue weighted by Crippen LogP contribution is 2.36. The van der Waals surface area contributed by atoms with Crippen LogP contribution in [0, 0.1) is 5.92 Å². The molecule has 1 aromatic rings. The Bertz CT molecular complexity index is 455. The average molecular weight is 340 g/mol. The number of fused-ring (bicyclic) bond motifs is 3. The van der Waals surface area contributed by atoms with Crippen LogP contribution in [0.15, 0.2) is 30.3 Å². The minimum Gasteiger partial charge on any atom is -1.00 e. The molecule has 1 aromatic carbocycles. The van der Waals surface area contributed by atoms with Crippen molar-refractivity contribution < 1.29 is 31.0 Å². The smallest absolute Gasteiger partial charge is 0.303 e. The molecule has 4 rings (SSSR count). The molecule has 110 valence electrons. The zero-order chi connectivity index (χ0) is 13.3. The first-order valence-corrected chi connectivity index (χ1v) is 7.23. The number of benzene rings is 1. The number of hydrogen-bond donors (Lipinski definition) is 0. The molecule has 0 N–H and O–H groups in total. The maximum atomic E-state index is 11.2. The van der Waals surface area contributed by atoms with E-state index in [1.165, 1.54) is 38.4 Å². The van der Waals surface area contributed by atoms with Crippen molar-refractivity contribution in [3.8, 4) is 0 Å². The number of piperidine rings is 3. The van der Waals surface area contributed by atoms with Gasteiger partial charge in [-0.15, -0.1) is 0 Å². The van der Waals surface area contributed by atoms with Gasteiger partial charge in [0.25, 0.3) is 0 Å². The lowest BCUT2D eigenvalue weighted by molar-refractivity contribution is -0.958. The Morgan fingerprint density at radius 3 is 2.50 bits per heavy atom. The highest BCUT2D eigenvalue weighted by molar-refractivity contribution is 5.66. The molecule has 1 unspecified atom stereocenters. The first-order chi connectivity index (χ1) is 9.17. The standard InChI is InChI=1S/C16H22NO2.BrH/c1-13(18)19-16-12-17(9-7-15(16)8-10-17)11-14-5-3-2-4-6-14;/h2-6,15-16H,7-12H2,1H3;1H/q+1;/p-1. The molecule has 3 aliphatic heterocycles. The quantitative estimate of drug-likeness (QED) is 0.541. The lowest BCUT2D eigenvalue weighted by Crippen LogP contribution is -3.00. The summed E-state index contributed by atoms with van der Waals surface area (Å²) in [7, 11) is 0. The van der Waals surface area contributed by atoms with Gasteiger partial charge in [-0.3, -0.25) is 4.79 Å². The van der Waals surface area contributed by atoms with Gasteiger partial charge in [0.05, 0.1) is 13.1 Å². The number of hydrogen-bond acceptors (Lipinski definition) is 2. The molecule has 0 radical (unpaired) electrons. The Balaban J connectivity index is 0.00000147. The zero-order valence-electron chi connectivity index (χ0n) is 11.9. The van der Waals surface area contributed by atoms with Gasteiger partial charge in [0.2, 0.25) is 0 Å². The van der Waals surface area contributed by atoms with Gasteiger partial charge in [-0.05, 0) is 0 Å². The molecule has 3 heterocycles. The van der Waals surface area contributed by atoms with Crippen LogP contribution in [0.25, 0.3) is 0 Å². The van der Waals surface area contributed by atoms with Gasteiger partial charge >= 0.3 is 5.97 Å². The molecule has 3 nitrogen and oxygen atoms in total. The van der Waals surface area contributed by atoms with E-state index >= 15 is 0 Å². The highest BCUT2D eigenvalue weighted by atomic mass is 79.9. The van der Waals surface area contributed by atoms with Crippen LogP contribution >= 0.6 is 0 Å². The van der Waals surface area contributed by atoms with Gasteiger partial charge in [0, 0.05) is 31.2 Å². The number of esters is 1. The summed E-state index contributed by atoms with van der Waals surface area (Å²) in [6.07, 6.45) is 2.54. The first-order valence-electron chi connectivity index (χ1n) is 7.23. The minimum absolute atomic E-state index is 0. The molecule has 3 fully saturated rings. The molecule has 3 saturated heterocycles. The second kappa shape index (κ2) is 6.27. The average Bonchev–Trinajstić information content (AvgIpc) is 2.40. The summed E-state index contributed by atoms with van der Waals surface area (Å²) in [6, 6.07) is 10.7. The molecule has 3 aliphatic rings. The third-order valence-corrected chi connectivity index (χ3v) is 4.72. The largest absolute Gasteiger partial charge is 1.00 e. The maximum Gasteiger partial charge on any atom is 0.303 e. The van der Waals surface area contributed by atoms with Crippen molar-refractivity contribution in [2.24, 2.45) is 5.92 Å². The number of quaternary nitrogens is 1. The van der Waals surface area contributed by atoms with Crippen LogP contribution in [0.5, 0.6) is 0 Å². The third kappa shape index (κ3) is 3.23. The Labute approximate surface area is 131 Å². The third-order valence-electron chi connectivity index (χ3n) is 4.72. The van der Waals surface area contributed by atoms with E-state index in [4.69, 9.17) is 4.74 Å². The molecule has 0 amide bonds. The fraction of sp³-hybridized carbons (Fsp3) is 0.562. The molecule has 4 heteroatoms. The second-order valence-corrected chi connectivity index (χ2v) is 6.10. The summed E-state index contributed by atoms with van der Waals surface area (Å²) in [6.45, 7) is 6.07. The van der Waals surface area contributed by atoms with Crippen molar-refractivity contribution in [2.75, 3.05) is 19.6 Å². The first kappa shape index (κ1) is 15.5. The van der Waals surface area contributed by atoms with E-state index in [1.54, 1.807) is 0 Å². The van der Waals surface area contributed by atoms with Crippen LogP contribution in [-0.2, 0) is 16.1 Å². The van der Waals surface area contributed by atoms with E-state index in [9.17, 15) is 4.79 Å². The lowest BCUT2D eigenvalue weighted by atomic mass is 9.83. The molecule has 0 aliphatic carbocycles. The molecule has 0 saturated carbocycles. The number of carbonyl (C=O) groups excluding carboxylic acids is 1. The van der Waals surface area contributed by atoms with Crippen LogP contribution < -0.4 is 17.0 Å². The summed E-state index contributed by atoms with van der Waals surface area (Å²) in [5.41, 5.74) is 1.39. The Morgan fingerprint density at radius 1 is 1.25 bits per heavy atom. The SMILES string of the molecule is CC(=O)OC1C[N+]2(Cc3ccccc3)CCC1CC2.[Br-]. The molecular formula is C16H22BrNO2. The van der Waals surface area contributed by atoms with Gasteiger partial charge in [-0.2, -0.15) is 0 Å². The van der Waals surface area contributed by atoms with Crippen LogP contribution in [0.2, 0.25) is 0 Å². The fourth-order valence-corrected chi connectivity index (χ4v) is 3.76. The van der Waals surface area contributed by atoms with E-state index in [1.807, 2.05) is 0 Å². The predicted octanol–water partition coefficient (Wildman–Crippen LogP) is -0.637. The topological polar surface area (TPSA) is 26.3 Å². The minimum atomic E-state index is -0.128. The number of rotatable bonds is 3.